The molecule has 0 aromatic carbocycles. The van der Waals surface area contributed by atoms with E-state index in [0.29, 0.717) is 18.1 Å². The van der Waals surface area contributed by atoms with Crippen LogP contribution in [0.4, 0.5) is 11.5 Å². The van der Waals surface area contributed by atoms with Crippen LogP contribution in [0.5, 0.6) is 0 Å². The van der Waals surface area contributed by atoms with E-state index in [1.165, 1.54) is 0 Å². The molecule has 108 valence electrons. The molecule has 8 heteroatoms. The largest absolute Gasteiger partial charge is 0.360 e. The summed E-state index contributed by atoms with van der Waals surface area (Å²) in [5.74, 6) is 0.461. The lowest BCUT2D eigenvalue weighted by molar-refractivity contribution is -0.384. The molecule has 0 bridgehead atoms. The first kappa shape index (κ1) is 15.0. The first-order valence-corrected chi connectivity index (χ1v) is 7.78. The number of rotatable bonds is 5. The fourth-order valence-electron chi connectivity index (χ4n) is 1.91. The molecule has 0 atom stereocenters. The van der Waals surface area contributed by atoms with Gasteiger partial charge in [-0.1, -0.05) is 0 Å². The molecule has 0 aliphatic heterocycles. The summed E-state index contributed by atoms with van der Waals surface area (Å²) >= 11 is 5.05. The normalized spacial score (nSPS) is 11.1. The van der Waals surface area contributed by atoms with Crippen molar-refractivity contribution < 1.29 is 4.92 Å². The van der Waals surface area contributed by atoms with E-state index in [1.807, 2.05) is 25.3 Å². The van der Waals surface area contributed by atoms with E-state index >= 15 is 0 Å². The molecule has 0 saturated carbocycles. The van der Waals surface area contributed by atoms with Crippen molar-refractivity contribution in [1.29, 1.82) is 0 Å². The van der Waals surface area contributed by atoms with Gasteiger partial charge >= 0.3 is 5.69 Å². The standard InChI is InChI=1S/C12H15BrN4O2S/c1-7(2)16-12(11(17(18)19)8(3)15-16)14-6-10-9(13)4-5-20-10/h4-5,7,14H,6H2,1-3H3. The van der Waals surface area contributed by atoms with Crippen LogP contribution in [0.1, 0.15) is 30.5 Å². The monoisotopic (exact) mass is 358 g/mol. The van der Waals surface area contributed by atoms with E-state index in [0.717, 1.165) is 9.35 Å². The maximum absolute atomic E-state index is 11.2. The van der Waals surface area contributed by atoms with Crippen molar-refractivity contribution in [2.24, 2.45) is 0 Å². The second-order valence-electron chi connectivity index (χ2n) is 4.62. The molecular weight excluding hydrogens is 344 g/mol. The Balaban J connectivity index is 2.34. The summed E-state index contributed by atoms with van der Waals surface area (Å²) in [6.07, 6.45) is 0. The fraction of sp³-hybridized carbons (Fsp3) is 0.417. The van der Waals surface area contributed by atoms with Crippen LogP contribution < -0.4 is 5.32 Å². The van der Waals surface area contributed by atoms with Crippen molar-refractivity contribution in [3.8, 4) is 0 Å². The number of nitro groups is 1. The van der Waals surface area contributed by atoms with Crippen LogP contribution in [-0.2, 0) is 6.54 Å². The molecule has 0 saturated heterocycles. The summed E-state index contributed by atoms with van der Waals surface area (Å²) in [6, 6.07) is 2.01. The number of aromatic nitrogens is 2. The summed E-state index contributed by atoms with van der Waals surface area (Å²) in [4.78, 5) is 11.9. The van der Waals surface area contributed by atoms with Gasteiger partial charge in [0.25, 0.3) is 0 Å². The Labute approximate surface area is 129 Å². The molecule has 1 N–H and O–H groups in total. The molecule has 0 amide bonds. The van der Waals surface area contributed by atoms with Crippen molar-refractivity contribution >= 4 is 38.8 Å². The Morgan fingerprint density at radius 1 is 1.60 bits per heavy atom. The SMILES string of the molecule is Cc1nn(C(C)C)c(NCc2sccc2Br)c1[N+](=O)[O-]. The first-order chi connectivity index (χ1) is 9.41. The quantitative estimate of drug-likeness (QED) is 0.644. The minimum atomic E-state index is -0.382. The molecule has 0 radical (unpaired) electrons. The molecule has 0 fully saturated rings. The Hall–Kier alpha value is -1.41. The Bertz CT molecular complexity index is 635. The van der Waals surface area contributed by atoms with Crippen LogP contribution in [0.25, 0.3) is 0 Å². The van der Waals surface area contributed by atoms with E-state index in [1.54, 1.807) is 22.9 Å². The number of nitrogens with one attached hydrogen (secondary N) is 1. The van der Waals surface area contributed by atoms with E-state index < -0.39 is 0 Å². The number of aryl methyl sites for hydroxylation is 1. The first-order valence-electron chi connectivity index (χ1n) is 6.11. The number of nitrogens with zero attached hydrogens (tertiary/aromatic N) is 3. The lowest BCUT2D eigenvalue weighted by Crippen LogP contribution is -2.10. The molecule has 0 aliphatic rings. The number of anilines is 1. The van der Waals surface area contributed by atoms with Crippen molar-refractivity contribution in [2.75, 3.05) is 5.32 Å². The van der Waals surface area contributed by atoms with E-state index in [2.05, 4.69) is 26.3 Å². The lowest BCUT2D eigenvalue weighted by Gasteiger charge is -2.11. The molecule has 20 heavy (non-hydrogen) atoms. The zero-order chi connectivity index (χ0) is 14.9. The Morgan fingerprint density at radius 3 is 2.80 bits per heavy atom. The Morgan fingerprint density at radius 2 is 2.30 bits per heavy atom. The molecule has 2 rings (SSSR count). The fourth-order valence-corrected chi connectivity index (χ4v) is 3.34. The minimum absolute atomic E-state index is 0.0476. The smallest absolute Gasteiger partial charge is 0.333 e. The molecule has 2 aromatic rings. The molecule has 0 aliphatic carbocycles. The van der Waals surface area contributed by atoms with E-state index in [4.69, 9.17) is 0 Å². The topological polar surface area (TPSA) is 73.0 Å². The highest BCUT2D eigenvalue weighted by molar-refractivity contribution is 9.10. The molecule has 2 aromatic heterocycles. The lowest BCUT2D eigenvalue weighted by atomic mass is 10.3. The highest BCUT2D eigenvalue weighted by Crippen LogP contribution is 2.32. The Kier molecular flexibility index (Phi) is 4.44. The van der Waals surface area contributed by atoms with Gasteiger partial charge in [0.1, 0.15) is 5.69 Å². The van der Waals surface area contributed by atoms with Crippen molar-refractivity contribution in [3.05, 3.63) is 36.6 Å². The van der Waals surface area contributed by atoms with Crippen molar-refractivity contribution in [1.82, 2.24) is 9.78 Å². The van der Waals surface area contributed by atoms with E-state index in [9.17, 15) is 10.1 Å². The summed E-state index contributed by atoms with van der Waals surface area (Å²) in [7, 11) is 0. The van der Waals surface area contributed by atoms with Crippen molar-refractivity contribution in [3.63, 3.8) is 0 Å². The third kappa shape index (κ3) is 2.85. The predicted octanol–water partition coefficient (Wildman–Crippen LogP) is 4.12. The van der Waals surface area contributed by atoms with Crippen LogP contribution in [0.2, 0.25) is 0 Å². The highest BCUT2D eigenvalue weighted by atomic mass is 79.9. The molecule has 0 spiro atoms. The second kappa shape index (κ2) is 5.92. The van der Waals surface area contributed by atoms with Crippen LogP contribution in [0, 0.1) is 17.0 Å². The number of hydrogen-bond acceptors (Lipinski definition) is 5. The molecular formula is C12H15BrN4O2S. The third-order valence-electron chi connectivity index (χ3n) is 2.83. The van der Waals surface area contributed by atoms with Gasteiger partial charge in [0.15, 0.2) is 0 Å². The van der Waals surface area contributed by atoms with Gasteiger partial charge in [0.05, 0.1) is 11.5 Å². The second-order valence-corrected chi connectivity index (χ2v) is 6.48. The summed E-state index contributed by atoms with van der Waals surface area (Å²) < 4.78 is 2.67. The zero-order valence-corrected chi connectivity index (χ0v) is 13.8. The van der Waals surface area contributed by atoms with Crippen LogP contribution in [0.15, 0.2) is 15.9 Å². The van der Waals surface area contributed by atoms with Gasteiger partial charge in [-0.05, 0) is 48.1 Å². The zero-order valence-electron chi connectivity index (χ0n) is 11.4. The molecule has 6 nitrogen and oxygen atoms in total. The maximum Gasteiger partial charge on any atom is 0.333 e. The number of hydrogen-bond donors (Lipinski definition) is 1. The van der Waals surface area contributed by atoms with Crippen LogP contribution in [-0.4, -0.2) is 14.7 Å². The average molecular weight is 359 g/mol. The van der Waals surface area contributed by atoms with Gasteiger partial charge in [-0.3, -0.25) is 10.1 Å². The number of halogens is 1. The average Bonchev–Trinajstić information content (AvgIpc) is 2.90. The maximum atomic E-state index is 11.2. The molecule has 0 unspecified atom stereocenters. The van der Waals surface area contributed by atoms with Gasteiger partial charge in [-0.25, -0.2) is 4.68 Å². The van der Waals surface area contributed by atoms with Gasteiger partial charge in [-0.2, -0.15) is 5.10 Å². The minimum Gasteiger partial charge on any atom is -0.360 e. The van der Waals surface area contributed by atoms with E-state index in [-0.39, 0.29) is 16.7 Å². The van der Waals surface area contributed by atoms with Gasteiger partial charge < -0.3 is 5.32 Å². The summed E-state index contributed by atoms with van der Waals surface area (Å²) in [5.41, 5.74) is 0.475. The van der Waals surface area contributed by atoms with Gasteiger partial charge in [0, 0.05) is 15.4 Å². The van der Waals surface area contributed by atoms with Crippen LogP contribution in [0.3, 0.4) is 0 Å². The summed E-state index contributed by atoms with van der Waals surface area (Å²) in [6.45, 7) is 6.07. The predicted molar refractivity (Wildman–Crippen MR) is 83.3 cm³/mol. The van der Waals surface area contributed by atoms with Gasteiger partial charge in [0.2, 0.25) is 5.82 Å². The molecule has 2 heterocycles. The highest BCUT2D eigenvalue weighted by Gasteiger charge is 2.26. The van der Waals surface area contributed by atoms with Gasteiger partial charge in [-0.15, -0.1) is 11.3 Å². The van der Waals surface area contributed by atoms with Crippen LogP contribution >= 0.6 is 27.3 Å². The number of thiophene rings is 1. The van der Waals surface area contributed by atoms with Crippen molar-refractivity contribution in [2.45, 2.75) is 33.4 Å². The third-order valence-corrected chi connectivity index (χ3v) is 4.76. The summed E-state index contributed by atoms with van der Waals surface area (Å²) in [5, 5.41) is 20.6.